The van der Waals surface area contributed by atoms with Crippen LogP contribution in [-0.2, 0) is 15.8 Å². The Kier molecular flexibility index (Phi) is 5.32. The molecule has 0 aliphatic carbocycles. The molecule has 2 rings (SSSR count). The molecule has 0 spiro atoms. The molecular formula is C15H15F3N4O2. The van der Waals surface area contributed by atoms with Crippen molar-refractivity contribution in [2.24, 2.45) is 16.1 Å². The Labute approximate surface area is 135 Å². The Bertz CT molecular complexity index is 698. The van der Waals surface area contributed by atoms with Gasteiger partial charge in [0.15, 0.2) is 0 Å². The van der Waals surface area contributed by atoms with E-state index in [0.29, 0.717) is 5.71 Å². The average molecular weight is 340 g/mol. The molecule has 0 unspecified atom stereocenters. The van der Waals surface area contributed by atoms with Crippen molar-refractivity contribution in [2.75, 3.05) is 0 Å². The van der Waals surface area contributed by atoms with Crippen LogP contribution in [0.3, 0.4) is 0 Å². The summed E-state index contributed by atoms with van der Waals surface area (Å²) in [6, 6.07) is 4.90. The molecule has 6 nitrogen and oxygen atoms in total. The lowest BCUT2D eigenvalue weighted by atomic mass is 9.99. The molecule has 1 aromatic carbocycles. The summed E-state index contributed by atoms with van der Waals surface area (Å²) in [7, 11) is 0. The second-order valence-corrected chi connectivity index (χ2v) is 5.20. The molecule has 0 radical (unpaired) electrons. The van der Waals surface area contributed by atoms with Gasteiger partial charge < -0.3 is 0 Å². The van der Waals surface area contributed by atoms with Crippen LogP contribution in [0.2, 0.25) is 0 Å². The van der Waals surface area contributed by atoms with E-state index in [9.17, 15) is 22.8 Å². The van der Waals surface area contributed by atoms with Crippen molar-refractivity contribution in [1.29, 1.82) is 0 Å². The molecule has 9 heteroatoms. The normalized spacial score (nSPS) is 17.8. The molecule has 1 aromatic rings. The fourth-order valence-corrected chi connectivity index (χ4v) is 2.20. The zero-order chi connectivity index (χ0) is 17.7. The van der Waals surface area contributed by atoms with E-state index in [4.69, 9.17) is 0 Å². The fraction of sp³-hybridized carbons (Fsp3) is 0.333. The van der Waals surface area contributed by atoms with E-state index in [1.807, 2.05) is 0 Å². The van der Waals surface area contributed by atoms with Crippen LogP contribution in [-0.4, -0.2) is 23.7 Å². The first-order valence-corrected chi connectivity index (χ1v) is 7.11. The van der Waals surface area contributed by atoms with Gasteiger partial charge in [0.05, 0.1) is 17.7 Å². The number of nitrogens with one attached hydrogen (secondary N) is 2. The summed E-state index contributed by atoms with van der Waals surface area (Å²) in [6.45, 7) is 1.67. The summed E-state index contributed by atoms with van der Waals surface area (Å²) < 4.78 is 38.4. The van der Waals surface area contributed by atoms with Gasteiger partial charge in [-0.2, -0.15) is 23.4 Å². The minimum atomic E-state index is -4.50. The first kappa shape index (κ1) is 17.6. The van der Waals surface area contributed by atoms with Crippen molar-refractivity contribution in [3.63, 3.8) is 0 Å². The number of hydrazone groups is 2. The zero-order valence-corrected chi connectivity index (χ0v) is 12.7. The highest BCUT2D eigenvalue weighted by atomic mass is 19.4. The van der Waals surface area contributed by atoms with E-state index >= 15 is 0 Å². The predicted octanol–water partition coefficient (Wildman–Crippen LogP) is 2.06. The van der Waals surface area contributed by atoms with E-state index in [1.54, 1.807) is 6.92 Å². The summed E-state index contributed by atoms with van der Waals surface area (Å²) in [6.07, 6.45) is -3.31. The number of amides is 2. The second-order valence-electron chi connectivity index (χ2n) is 5.20. The Morgan fingerprint density at radius 3 is 2.75 bits per heavy atom. The Morgan fingerprint density at radius 2 is 2.12 bits per heavy atom. The van der Waals surface area contributed by atoms with E-state index in [0.717, 1.165) is 12.3 Å². The van der Waals surface area contributed by atoms with Gasteiger partial charge in [0, 0.05) is 17.7 Å². The third-order valence-corrected chi connectivity index (χ3v) is 3.48. The van der Waals surface area contributed by atoms with Crippen molar-refractivity contribution < 1.29 is 22.8 Å². The Morgan fingerprint density at radius 1 is 1.42 bits per heavy atom. The molecule has 128 valence electrons. The van der Waals surface area contributed by atoms with Crippen molar-refractivity contribution in [3.05, 3.63) is 35.4 Å². The molecule has 0 saturated heterocycles. The maximum atomic E-state index is 12.8. The van der Waals surface area contributed by atoms with Gasteiger partial charge >= 0.3 is 6.18 Å². The van der Waals surface area contributed by atoms with Crippen molar-refractivity contribution >= 4 is 23.7 Å². The number of carbonyl (C=O) groups excluding carboxylic acids is 2. The summed E-state index contributed by atoms with van der Waals surface area (Å²) in [5, 5.41) is 7.30. The molecule has 1 aliphatic heterocycles. The van der Waals surface area contributed by atoms with E-state index < -0.39 is 23.6 Å². The number of nitrogens with zero attached hydrogens (tertiary/aromatic N) is 2. The topological polar surface area (TPSA) is 82.9 Å². The van der Waals surface area contributed by atoms with Gasteiger partial charge in [0.2, 0.25) is 11.8 Å². The lowest BCUT2D eigenvalue weighted by Gasteiger charge is -2.09. The van der Waals surface area contributed by atoms with Gasteiger partial charge in [-0.1, -0.05) is 18.2 Å². The molecule has 2 N–H and O–H groups in total. The number of hydrogen-bond acceptors (Lipinski definition) is 4. The van der Waals surface area contributed by atoms with E-state index in [2.05, 4.69) is 21.1 Å². The monoisotopic (exact) mass is 340 g/mol. The maximum absolute atomic E-state index is 12.8. The number of benzene rings is 1. The van der Waals surface area contributed by atoms with Crippen molar-refractivity contribution in [3.8, 4) is 0 Å². The summed E-state index contributed by atoms with van der Waals surface area (Å²) in [5.41, 5.74) is 4.07. The van der Waals surface area contributed by atoms with Gasteiger partial charge in [-0.15, -0.1) is 0 Å². The predicted molar refractivity (Wildman–Crippen MR) is 81.2 cm³/mol. The largest absolute Gasteiger partial charge is 0.417 e. The minimum Gasteiger partial charge on any atom is -0.273 e. The van der Waals surface area contributed by atoms with Crippen LogP contribution in [0.25, 0.3) is 0 Å². The second kappa shape index (κ2) is 7.24. The van der Waals surface area contributed by atoms with Crippen LogP contribution < -0.4 is 10.9 Å². The number of hydrogen-bond donors (Lipinski definition) is 2. The number of halogens is 3. The Hall–Kier alpha value is -2.71. The molecule has 0 saturated carbocycles. The average Bonchev–Trinajstić information content (AvgIpc) is 2.83. The number of alkyl halides is 3. The molecule has 1 heterocycles. The van der Waals surface area contributed by atoms with Crippen LogP contribution in [0.15, 0.2) is 34.5 Å². The number of carbonyl (C=O) groups is 2. The lowest BCUT2D eigenvalue weighted by molar-refractivity contribution is -0.137. The van der Waals surface area contributed by atoms with Gasteiger partial charge in [-0.3, -0.25) is 9.59 Å². The molecule has 0 aromatic heterocycles. The minimum absolute atomic E-state index is 0.00318. The highest BCUT2D eigenvalue weighted by Crippen LogP contribution is 2.31. The maximum Gasteiger partial charge on any atom is 0.417 e. The SMILES string of the molecule is CC1=NNC(=O)[C@@H]1CCC(=O)N/N=C\c1ccccc1C(F)(F)F. The third kappa shape index (κ3) is 4.40. The highest BCUT2D eigenvalue weighted by Gasteiger charge is 2.32. The quantitative estimate of drug-likeness (QED) is 0.635. The van der Waals surface area contributed by atoms with Crippen LogP contribution in [0.4, 0.5) is 13.2 Å². The fourth-order valence-electron chi connectivity index (χ4n) is 2.20. The van der Waals surface area contributed by atoms with Crippen LogP contribution in [0.5, 0.6) is 0 Å². The number of rotatable bonds is 5. The molecule has 1 atom stereocenters. The molecule has 24 heavy (non-hydrogen) atoms. The third-order valence-electron chi connectivity index (χ3n) is 3.48. The molecule has 0 bridgehead atoms. The molecule has 2 amide bonds. The molecular weight excluding hydrogens is 325 g/mol. The highest BCUT2D eigenvalue weighted by molar-refractivity contribution is 6.07. The smallest absolute Gasteiger partial charge is 0.273 e. The van der Waals surface area contributed by atoms with Gasteiger partial charge in [-0.25, -0.2) is 10.9 Å². The zero-order valence-electron chi connectivity index (χ0n) is 12.7. The summed E-state index contributed by atoms with van der Waals surface area (Å²) in [5.74, 6) is -1.24. The van der Waals surface area contributed by atoms with Crippen LogP contribution >= 0.6 is 0 Å². The van der Waals surface area contributed by atoms with Gasteiger partial charge in [-0.05, 0) is 19.4 Å². The first-order chi connectivity index (χ1) is 11.3. The summed E-state index contributed by atoms with van der Waals surface area (Å²) >= 11 is 0. The van der Waals surface area contributed by atoms with Crippen molar-refractivity contribution in [1.82, 2.24) is 10.9 Å². The van der Waals surface area contributed by atoms with Crippen LogP contribution in [0, 0.1) is 5.92 Å². The van der Waals surface area contributed by atoms with Gasteiger partial charge in [0.1, 0.15) is 0 Å². The molecule has 1 aliphatic rings. The van der Waals surface area contributed by atoms with E-state index in [-0.39, 0.29) is 24.3 Å². The standard InChI is InChI=1S/C15H15F3N4O2/c1-9-11(14(24)22-20-9)6-7-13(23)21-19-8-10-4-2-3-5-12(10)15(16,17)18/h2-5,8,11H,6-7H2,1H3,(H,21,23)(H,22,24)/b19-8-/t11-/m1/s1. The summed E-state index contributed by atoms with van der Waals surface area (Å²) in [4.78, 5) is 23.1. The van der Waals surface area contributed by atoms with Crippen molar-refractivity contribution in [2.45, 2.75) is 25.9 Å². The van der Waals surface area contributed by atoms with Gasteiger partial charge in [0.25, 0.3) is 0 Å². The molecule has 0 fully saturated rings. The lowest BCUT2D eigenvalue weighted by Crippen LogP contribution is -2.25. The Balaban J connectivity index is 1.89. The first-order valence-electron chi connectivity index (χ1n) is 7.11. The van der Waals surface area contributed by atoms with E-state index in [1.165, 1.54) is 18.2 Å². The van der Waals surface area contributed by atoms with Crippen LogP contribution in [0.1, 0.15) is 30.9 Å².